The Bertz CT molecular complexity index is 331. The Balaban J connectivity index is 0. The minimum Gasteiger partial charge on any atom is -0.355 e. The maximum absolute atomic E-state index is 11.5. The van der Waals surface area contributed by atoms with E-state index in [0.717, 1.165) is 19.4 Å². The SMILES string of the molecule is CNCCN.NCCNC(=O)CCN(CCC=O)CCC(=O)NCCN. The molecule has 154 valence electrons. The number of aldehydes is 1. The average Bonchev–Trinajstić information content (AvgIpc) is 2.65. The maximum Gasteiger partial charge on any atom is 0.221 e. The fraction of sp³-hybridized carbons (Fsp3) is 0.812. The number of carbonyl (C=O) groups is 3. The molecule has 2 amide bonds. The average molecular weight is 376 g/mol. The number of rotatable bonds is 15. The number of hydrogen-bond donors (Lipinski definition) is 6. The number of hydrogen-bond acceptors (Lipinski definition) is 8. The number of amides is 2. The van der Waals surface area contributed by atoms with Crippen LogP contribution in [0.15, 0.2) is 0 Å². The largest absolute Gasteiger partial charge is 0.355 e. The van der Waals surface area contributed by atoms with Gasteiger partial charge in [-0.3, -0.25) is 9.59 Å². The van der Waals surface area contributed by atoms with Gasteiger partial charge in [0, 0.05) is 78.2 Å². The summed E-state index contributed by atoms with van der Waals surface area (Å²) >= 11 is 0. The Kier molecular flexibility index (Phi) is 22.0. The second kappa shape index (κ2) is 21.5. The van der Waals surface area contributed by atoms with Crippen molar-refractivity contribution in [2.45, 2.75) is 19.3 Å². The van der Waals surface area contributed by atoms with Crippen LogP contribution in [0, 0.1) is 0 Å². The summed E-state index contributed by atoms with van der Waals surface area (Å²) in [6.07, 6.45) is 1.86. The quantitative estimate of drug-likeness (QED) is 0.164. The third-order valence-corrected chi connectivity index (χ3v) is 3.20. The van der Waals surface area contributed by atoms with E-state index in [1.165, 1.54) is 0 Å². The van der Waals surface area contributed by atoms with Crippen LogP contribution in [0.3, 0.4) is 0 Å². The van der Waals surface area contributed by atoms with E-state index in [-0.39, 0.29) is 11.8 Å². The van der Waals surface area contributed by atoms with Gasteiger partial charge < -0.3 is 42.8 Å². The molecule has 0 aromatic heterocycles. The number of nitrogens with one attached hydrogen (secondary N) is 3. The van der Waals surface area contributed by atoms with E-state index in [9.17, 15) is 14.4 Å². The Morgan fingerprint density at radius 1 is 0.846 bits per heavy atom. The summed E-state index contributed by atoms with van der Waals surface area (Å²) in [4.78, 5) is 35.4. The van der Waals surface area contributed by atoms with Gasteiger partial charge in [-0.2, -0.15) is 0 Å². The van der Waals surface area contributed by atoms with Crippen molar-refractivity contribution in [3.05, 3.63) is 0 Å². The predicted octanol–water partition coefficient (Wildman–Crippen LogP) is -3.03. The summed E-state index contributed by atoms with van der Waals surface area (Å²) in [6, 6.07) is 0. The first-order chi connectivity index (χ1) is 12.5. The smallest absolute Gasteiger partial charge is 0.221 e. The van der Waals surface area contributed by atoms with Crippen LogP contribution in [0.1, 0.15) is 19.3 Å². The molecule has 0 unspecified atom stereocenters. The lowest BCUT2D eigenvalue weighted by atomic mass is 10.3. The molecule has 0 spiro atoms. The van der Waals surface area contributed by atoms with Crippen LogP contribution in [0.25, 0.3) is 0 Å². The van der Waals surface area contributed by atoms with Crippen LogP contribution in [0.4, 0.5) is 0 Å². The molecule has 0 rings (SSSR count). The first-order valence-corrected chi connectivity index (χ1v) is 8.99. The van der Waals surface area contributed by atoms with Crippen LogP contribution in [-0.4, -0.2) is 89.0 Å². The van der Waals surface area contributed by atoms with Crippen molar-refractivity contribution < 1.29 is 14.4 Å². The second-order valence-electron chi connectivity index (χ2n) is 5.47. The highest BCUT2D eigenvalue weighted by molar-refractivity contribution is 5.76. The summed E-state index contributed by atoms with van der Waals surface area (Å²) in [7, 11) is 1.88. The van der Waals surface area contributed by atoms with Crippen LogP contribution < -0.4 is 33.2 Å². The molecule has 0 aliphatic rings. The minimum absolute atomic E-state index is 0.0795. The Hall–Kier alpha value is -1.59. The van der Waals surface area contributed by atoms with Crippen molar-refractivity contribution in [3.8, 4) is 0 Å². The molecule has 0 aliphatic carbocycles. The van der Waals surface area contributed by atoms with Gasteiger partial charge in [-0.05, 0) is 7.05 Å². The normalized spacial score (nSPS) is 10.0. The standard InChI is InChI=1S/C13H27N5O3.C3H10N2/c14-4-6-16-12(20)2-9-18(8-1-11-19)10-3-13(21)17-7-5-15;1-5-3-2-4/h11H,1-10,14-15H2,(H,16,20)(H,17,21);5H,2-4H2,1H3. The topological polar surface area (TPSA) is 169 Å². The summed E-state index contributed by atoms with van der Waals surface area (Å²) in [6.45, 7) is 4.92. The van der Waals surface area contributed by atoms with Gasteiger partial charge in [0.25, 0.3) is 0 Å². The van der Waals surface area contributed by atoms with Crippen molar-refractivity contribution in [1.82, 2.24) is 20.9 Å². The molecule has 26 heavy (non-hydrogen) atoms. The van der Waals surface area contributed by atoms with E-state index in [1.54, 1.807) is 0 Å². The Morgan fingerprint density at radius 2 is 1.31 bits per heavy atom. The van der Waals surface area contributed by atoms with Crippen molar-refractivity contribution in [1.29, 1.82) is 0 Å². The first kappa shape index (κ1) is 26.6. The second-order valence-corrected chi connectivity index (χ2v) is 5.47. The summed E-state index contributed by atoms with van der Waals surface area (Å²) in [5.41, 5.74) is 15.7. The summed E-state index contributed by atoms with van der Waals surface area (Å²) in [5.74, 6) is -0.159. The van der Waals surface area contributed by atoms with Gasteiger partial charge in [-0.25, -0.2) is 0 Å². The molecule has 0 fully saturated rings. The highest BCUT2D eigenvalue weighted by atomic mass is 16.2. The van der Waals surface area contributed by atoms with Gasteiger partial charge in [0.05, 0.1) is 0 Å². The lowest BCUT2D eigenvalue weighted by molar-refractivity contribution is -0.121. The van der Waals surface area contributed by atoms with Crippen LogP contribution in [-0.2, 0) is 14.4 Å². The molecule has 0 bridgehead atoms. The summed E-state index contributed by atoms with van der Waals surface area (Å²) in [5, 5.41) is 8.26. The van der Waals surface area contributed by atoms with Gasteiger partial charge in [0.15, 0.2) is 0 Å². The van der Waals surface area contributed by atoms with Crippen molar-refractivity contribution in [2.24, 2.45) is 17.2 Å². The zero-order valence-electron chi connectivity index (χ0n) is 16.0. The predicted molar refractivity (Wildman–Crippen MR) is 103 cm³/mol. The molecule has 10 nitrogen and oxygen atoms in total. The fourth-order valence-corrected chi connectivity index (χ4v) is 1.83. The highest BCUT2D eigenvalue weighted by Gasteiger charge is 2.10. The zero-order chi connectivity index (χ0) is 20.0. The lowest BCUT2D eigenvalue weighted by Crippen LogP contribution is -2.36. The van der Waals surface area contributed by atoms with Gasteiger partial charge in [-0.15, -0.1) is 0 Å². The molecule has 0 aliphatic heterocycles. The molecule has 0 saturated heterocycles. The first-order valence-electron chi connectivity index (χ1n) is 8.99. The third-order valence-electron chi connectivity index (χ3n) is 3.20. The van der Waals surface area contributed by atoms with Crippen LogP contribution >= 0.6 is 0 Å². The van der Waals surface area contributed by atoms with Crippen LogP contribution in [0.5, 0.6) is 0 Å². The number of carbonyl (C=O) groups excluding carboxylic acids is 3. The molecule has 10 heteroatoms. The van der Waals surface area contributed by atoms with E-state index >= 15 is 0 Å². The van der Waals surface area contributed by atoms with E-state index < -0.39 is 0 Å². The van der Waals surface area contributed by atoms with E-state index in [0.29, 0.717) is 65.1 Å². The number of nitrogens with zero attached hydrogens (tertiary/aromatic N) is 1. The van der Waals surface area contributed by atoms with E-state index in [1.807, 2.05) is 11.9 Å². The van der Waals surface area contributed by atoms with Gasteiger partial charge >= 0.3 is 0 Å². The molecule has 0 saturated carbocycles. The molecule has 0 aromatic carbocycles. The molecule has 0 radical (unpaired) electrons. The minimum atomic E-state index is -0.0795. The van der Waals surface area contributed by atoms with Crippen molar-refractivity contribution >= 4 is 18.1 Å². The molecule has 9 N–H and O–H groups in total. The Labute approximate surface area is 156 Å². The fourth-order valence-electron chi connectivity index (χ4n) is 1.83. The molecular formula is C16H37N7O3. The highest BCUT2D eigenvalue weighted by Crippen LogP contribution is 1.96. The molecule has 0 heterocycles. The molecule has 0 atom stereocenters. The van der Waals surface area contributed by atoms with Gasteiger partial charge in [0.1, 0.15) is 6.29 Å². The zero-order valence-corrected chi connectivity index (χ0v) is 16.0. The molecule has 0 aromatic rings. The third kappa shape index (κ3) is 20.5. The van der Waals surface area contributed by atoms with E-state index in [4.69, 9.17) is 17.2 Å². The monoisotopic (exact) mass is 375 g/mol. The van der Waals surface area contributed by atoms with E-state index in [2.05, 4.69) is 16.0 Å². The van der Waals surface area contributed by atoms with Crippen molar-refractivity contribution in [2.75, 3.05) is 66.0 Å². The maximum atomic E-state index is 11.5. The number of nitrogens with two attached hydrogens (primary N) is 3. The summed E-state index contributed by atoms with van der Waals surface area (Å²) < 4.78 is 0. The molecular weight excluding hydrogens is 338 g/mol. The number of likely N-dealkylation sites (N-methyl/N-ethyl adjacent to an activating group) is 1. The van der Waals surface area contributed by atoms with Gasteiger partial charge in [0.2, 0.25) is 11.8 Å². The van der Waals surface area contributed by atoms with Gasteiger partial charge in [-0.1, -0.05) is 0 Å². The van der Waals surface area contributed by atoms with Crippen molar-refractivity contribution in [3.63, 3.8) is 0 Å². The lowest BCUT2D eigenvalue weighted by Gasteiger charge is -2.20. The van der Waals surface area contributed by atoms with Crippen LogP contribution in [0.2, 0.25) is 0 Å². The Morgan fingerprint density at radius 3 is 1.62 bits per heavy atom.